The molecule has 3 N–H and O–H groups in total. The summed E-state index contributed by atoms with van der Waals surface area (Å²) in [5, 5.41) is 7.30. The minimum Gasteiger partial charge on any atom is -0.453 e. The second-order valence-electron chi connectivity index (χ2n) is 6.23. The van der Waals surface area contributed by atoms with E-state index in [-0.39, 0.29) is 33.5 Å². The number of rotatable bonds is 5. The molecule has 0 fully saturated rings. The van der Waals surface area contributed by atoms with Gasteiger partial charge in [-0.05, 0) is 42.5 Å². The molecule has 2 rings (SSSR count). The smallest absolute Gasteiger partial charge is 0.413 e. The maximum Gasteiger partial charge on any atom is 0.413 e. The number of carbonyl (C=O) groups excluding carboxylic acids is 3. The Hall–Kier alpha value is -3.64. The predicted molar refractivity (Wildman–Crippen MR) is 120 cm³/mol. The molecule has 2 aromatic rings. The van der Waals surface area contributed by atoms with E-state index in [2.05, 4.69) is 30.4 Å². The molecule has 0 heterocycles. The van der Waals surface area contributed by atoms with Gasteiger partial charge in [0.1, 0.15) is 0 Å². The molecule has 11 nitrogen and oxygen atoms in total. The Kier molecular flexibility index (Phi) is 8.77. The lowest BCUT2D eigenvalue weighted by Gasteiger charge is -2.13. The lowest BCUT2D eigenvalue weighted by atomic mass is 10.2. The third-order valence-corrected chi connectivity index (χ3v) is 6.06. The van der Waals surface area contributed by atoms with Crippen LogP contribution in [0.15, 0.2) is 57.2 Å². The lowest BCUT2D eigenvalue weighted by molar-refractivity contribution is -0.115. The number of nitrogens with zero attached hydrogens (tertiary/aromatic N) is 1. The number of ether oxygens (including phenoxy) is 2. The van der Waals surface area contributed by atoms with Crippen LogP contribution in [0.25, 0.3) is 0 Å². The third kappa shape index (κ3) is 6.92. The number of anilines is 1. The summed E-state index contributed by atoms with van der Waals surface area (Å²) in [5.74, 6) is -0.801. The molecule has 0 saturated heterocycles. The Morgan fingerprint density at radius 3 is 2.00 bits per heavy atom. The van der Waals surface area contributed by atoms with E-state index in [1.54, 1.807) is 6.92 Å². The summed E-state index contributed by atoms with van der Waals surface area (Å²) in [4.78, 5) is 39.2. The maximum absolute atomic E-state index is 13.0. The molecular weight excluding hydrogens is 476 g/mol. The van der Waals surface area contributed by atoms with Crippen LogP contribution in [0.4, 0.5) is 21.0 Å². The summed E-state index contributed by atoms with van der Waals surface area (Å²) in [6, 6.07) is 9.36. The van der Waals surface area contributed by atoms with Crippen LogP contribution in [0.2, 0.25) is 5.02 Å². The number of halogens is 1. The first-order valence-corrected chi connectivity index (χ1v) is 11.2. The van der Waals surface area contributed by atoms with Crippen LogP contribution in [-0.2, 0) is 24.1 Å². The van der Waals surface area contributed by atoms with E-state index in [4.69, 9.17) is 11.6 Å². The fourth-order valence-corrected chi connectivity index (χ4v) is 3.78. The molecule has 176 valence electrons. The molecule has 13 heteroatoms. The van der Waals surface area contributed by atoms with Crippen molar-refractivity contribution in [3.05, 3.63) is 47.5 Å². The van der Waals surface area contributed by atoms with Crippen LogP contribution in [-0.4, -0.2) is 46.7 Å². The van der Waals surface area contributed by atoms with E-state index < -0.39 is 27.9 Å². The van der Waals surface area contributed by atoms with E-state index >= 15 is 0 Å². The molecule has 0 radical (unpaired) electrons. The highest BCUT2D eigenvalue weighted by atomic mass is 35.5. The van der Waals surface area contributed by atoms with E-state index in [1.165, 1.54) is 42.5 Å². The van der Waals surface area contributed by atoms with Crippen molar-refractivity contribution in [2.24, 2.45) is 4.99 Å². The van der Waals surface area contributed by atoms with Crippen LogP contribution in [0.3, 0.4) is 0 Å². The highest BCUT2D eigenvalue weighted by Gasteiger charge is 2.20. The molecule has 0 aliphatic carbocycles. The molecule has 0 saturated carbocycles. The molecule has 0 spiro atoms. The van der Waals surface area contributed by atoms with E-state index in [0.717, 1.165) is 14.2 Å². The molecule has 0 bridgehead atoms. The van der Waals surface area contributed by atoms with E-state index in [9.17, 15) is 22.8 Å². The number of hydrogen-bond acceptors (Lipinski definition) is 8. The van der Waals surface area contributed by atoms with Gasteiger partial charge in [-0.25, -0.2) is 23.0 Å². The fraction of sp³-hybridized carbons (Fsp3) is 0.200. The summed E-state index contributed by atoms with van der Waals surface area (Å²) in [5.41, 5.74) is 0.0578. The Labute approximate surface area is 195 Å². The van der Waals surface area contributed by atoms with Crippen LogP contribution < -0.4 is 16.0 Å². The second kappa shape index (κ2) is 11.3. The fourth-order valence-electron chi connectivity index (χ4n) is 2.37. The normalized spacial score (nSPS) is 10.5. The first-order valence-electron chi connectivity index (χ1n) is 9.33. The summed E-state index contributed by atoms with van der Waals surface area (Å²) in [7, 11) is -1.74. The van der Waals surface area contributed by atoms with Crippen molar-refractivity contribution in [1.82, 2.24) is 10.6 Å². The Balaban J connectivity index is 2.58. The zero-order chi connectivity index (χ0) is 24.6. The standard InChI is InChI=1S/C20H21ClN4O7S/c1-4-17(26)22-16-11-14(33(29,30)13-7-5-12(21)6-8-13)9-10-15(16)23-18(24-19(27)31-2)25-20(28)32-3/h5-11H,4H2,1-3H3,(H,22,26)(H2,23,24,25,27,28). The lowest BCUT2D eigenvalue weighted by Crippen LogP contribution is -2.43. The summed E-state index contributed by atoms with van der Waals surface area (Å²) in [6.07, 6.45) is -1.78. The van der Waals surface area contributed by atoms with Crippen molar-refractivity contribution in [2.75, 3.05) is 19.5 Å². The molecule has 3 amide bonds. The van der Waals surface area contributed by atoms with Gasteiger partial charge in [-0.3, -0.25) is 15.4 Å². The topological polar surface area (TPSA) is 152 Å². The number of amides is 3. The monoisotopic (exact) mass is 496 g/mol. The average Bonchev–Trinajstić information content (AvgIpc) is 2.79. The van der Waals surface area contributed by atoms with Gasteiger partial charge in [0.25, 0.3) is 0 Å². The van der Waals surface area contributed by atoms with Crippen molar-refractivity contribution >= 4 is 56.9 Å². The zero-order valence-electron chi connectivity index (χ0n) is 17.8. The Bertz CT molecular complexity index is 1160. The van der Waals surface area contributed by atoms with Gasteiger partial charge in [-0.15, -0.1) is 0 Å². The van der Waals surface area contributed by atoms with Crippen molar-refractivity contribution < 1.29 is 32.3 Å². The van der Waals surface area contributed by atoms with Gasteiger partial charge in [-0.1, -0.05) is 18.5 Å². The van der Waals surface area contributed by atoms with Crippen LogP contribution in [0.5, 0.6) is 0 Å². The number of benzene rings is 2. The van der Waals surface area contributed by atoms with Crippen molar-refractivity contribution in [2.45, 2.75) is 23.1 Å². The molecule has 0 unspecified atom stereocenters. The molecular formula is C20H21ClN4O7S. The summed E-state index contributed by atoms with van der Waals surface area (Å²) < 4.78 is 35.0. The number of carbonyl (C=O) groups is 3. The maximum atomic E-state index is 13.0. The number of methoxy groups -OCH3 is 2. The molecule has 33 heavy (non-hydrogen) atoms. The third-order valence-electron chi connectivity index (χ3n) is 4.04. The van der Waals surface area contributed by atoms with Crippen molar-refractivity contribution in [1.29, 1.82) is 0 Å². The van der Waals surface area contributed by atoms with Gasteiger partial charge in [0.15, 0.2) is 0 Å². The van der Waals surface area contributed by atoms with E-state index in [0.29, 0.717) is 5.02 Å². The molecule has 0 aliphatic rings. The summed E-state index contributed by atoms with van der Waals surface area (Å²) >= 11 is 5.83. The first kappa shape index (κ1) is 25.6. The zero-order valence-corrected chi connectivity index (χ0v) is 19.4. The van der Waals surface area contributed by atoms with E-state index in [1.807, 2.05) is 0 Å². The molecule has 2 aromatic carbocycles. The number of nitrogens with one attached hydrogen (secondary N) is 3. The van der Waals surface area contributed by atoms with Gasteiger partial charge >= 0.3 is 12.2 Å². The van der Waals surface area contributed by atoms with Crippen LogP contribution in [0.1, 0.15) is 13.3 Å². The molecule has 0 aliphatic heterocycles. The number of guanidine groups is 1. The van der Waals surface area contributed by atoms with Crippen LogP contribution in [0, 0.1) is 0 Å². The van der Waals surface area contributed by atoms with Crippen molar-refractivity contribution in [3.8, 4) is 0 Å². The quantitative estimate of drug-likeness (QED) is 0.424. The van der Waals surface area contributed by atoms with Gasteiger partial charge in [0, 0.05) is 11.4 Å². The second-order valence-corrected chi connectivity index (χ2v) is 8.62. The minimum absolute atomic E-state index is 0.00340. The predicted octanol–water partition coefficient (Wildman–Crippen LogP) is 3.22. The largest absolute Gasteiger partial charge is 0.453 e. The first-order chi connectivity index (χ1) is 15.6. The summed E-state index contributed by atoms with van der Waals surface area (Å²) in [6.45, 7) is 1.61. The van der Waals surface area contributed by atoms with Gasteiger partial charge in [0.05, 0.1) is 35.4 Å². The van der Waals surface area contributed by atoms with Gasteiger partial charge in [-0.2, -0.15) is 0 Å². The number of alkyl carbamates (subject to hydrolysis) is 2. The minimum atomic E-state index is -3.95. The Morgan fingerprint density at radius 1 is 0.939 bits per heavy atom. The number of aliphatic imine (C=N–C) groups is 1. The van der Waals surface area contributed by atoms with Gasteiger partial charge in [0.2, 0.25) is 21.7 Å². The van der Waals surface area contributed by atoms with Crippen molar-refractivity contribution in [3.63, 3.8) is 0 Å². The number of sulfone groups is 1. The Morgan fingerprint density at radius 2 is 1.48 bits per heavy atom. The van der Waals surface area contributed by atoms with Crippen LogP contribution >= 0.6 is 11.6 Å². The highest BCUT2D eigenvalue weighted by molar-refractivity contribution is 7.91. The molecule has 0 atom stereocenters. The van der Waals surface area contributed by atoms with Gasteiger partial charge < -0.3 is 14.8 Å². The average molecular weight is 497 g/mol. The highest BCUT2D eigenvalue weighted by Crippen LogP contribution is 2.31. The number of hydrogen-bond donors (Lipinski definition) is 3. The SMILES string of the molecule is CCC(=O)Nc1cc(S(=O)(=O)c2ccc(Cl)cc2)ccc1N=C(NC(=O)OC)NC(=O)OC. The molecule has 0 aromatic heterocycles.